The molecule has 0 aliphatic heterocycles. The van der Waals surface area contributed by atoms with Crippen LogP contribution in [-0.4, -0.2) is 40.4 Å². The minimum atomic E-state index is 0.764. The molecule has 0 unspecified atom stereocenters. The Morgan fingerprint density at radius 2 is 1.84 bits per heavy atom. The van der Waals surface area contributed by atoms with Crippen LogP contribution in [0.25, 0.3) is 0 Å². The van der Waals surface area contributed by atoms with E-state index < -0.39 is 0 Å². The van der Waals surface area contributed by atoms with Gasteiger partial charge in [-0.25, -0.2) is 0 Å². The maximum Gasteiger partial charge on any atom is 0.162 e. The SMILES string of the molecule is COc1cc(C)c(N(C)CCNC2CC2)cc1OC. The van der Waals surface area contributed by atoms with Crippen molar-refractivity contribution in [2.75, 3.05) is 39.3 Å². The number of aryl methyl sites for hydroxylation is 1. The Morgan fingerprint density at radius 1 is 1.21 bits per heavy atom. The lowest BCUT2D eigenvalue weighted by Gasteiger charge is -2.23. The van der Waals surface area contributed by atoms with Crippen LogP contribution in [0, 0.1) is 6.92 Å². The number of anilines is 1. The third-order valence-corrected chi connectivity index (χ3v) is 3.57. The van der Waals surface area contributed by atoms with Gasteiger partial charge in [0.2, 0.25) is 0 Å². The van der Waals surface area contributed by atoms with E-state index in [1.54, 1.807) is 14.2 Å². The molecule has 0 radical (unpaired) electrons. The molecule has 0 heterocycles. The van der Waals surface area contributed by atoms with E-state index in [1.165, 1.54) is 24.1 Å². The predicted octanol–water partition coefficient (Wildman–Crippen LogP) is 2.20. The van der Waals surface area contributed by atoms with Crippen molar-refractivity contribution in [3.63, 3.8) is 0 Å². The lowest BCUT2D eigenvalue weighted by molar-refractivity contribution is 0.354. The zero-order valence-electron chi connectivity index (χ0n) is 12.3. The molecule has 1 aromatic carbocycles. The van der Waals surface area contributed by atoms with E-state index in [-0.39, 0.29) is 0 Å². The molecule has 1 fully saturated rings. The van der Waals surface area contributed by atoms with Crippen LogP contribution < -0.4 is 19.7 Å². The van der Waals surface area contributed by atoms with E-state index in [0.29, 0.717) is 0 Å². The number of hydrogen-bond acceptors (Lipinski definition) is 4. The van der Waals surface area contributed by atoms with Gasteiger partial charge in [0.25, 0.3) is 0 Å². The molecule has 1 aromatic rings. The molecule has 1 aliphatic rings. The smallest absolute Gasteiger partial charge is 0.162 e. The molecule has 0 spiro atoms. The van der Waals surface area contributed by atoms with Gasteiger partial charge in [-0.3, -0.25) is 0 Å². The maximum absolute atomic E-state index is 5.37. The number of likely N-dealkylation sites (N-methyl/N-ethyl adjacent to an activating group) is 1. The summed E-state index contributed by atoms with van der Waals surface area (Å²) in [5, 5.41) is 3.53. The zero-order chi connectivity index (χ0) is 13.8. The first-order chi connectivity index (χ1) is 9.15. The van der Waals surface area contributed by atoms with E-state index in [4.69, 9.17) is 9.47 Å². The second-order valence-electron chi connectivity index (χ2n) is 5.14. The van der Waals surface area contributed by atoms with Crippen molar-refractivity contribution in [2.45, 2.75) is 25.8 Å². The Balaban J connectivity index is 2.04. The Bertz CT molecular complexity index is 430. The molecular formula is C15H24N2O2. The van der Waals surface area contributed by atoms with Gasteiger partial charge in [0, 0.05) is 37.9 Å². The molecular weight excluding hydrogens is 240 g/mol. The summed E-state index contributed by atoms with van der Waals surface area (Å²) in [7, 11) is 5.45. The van der Waals surface area contributed by atoms with Crippen molar-refractivity contribution in [1.82, 2.24) is 5.32 Å². The van der Waals surface area contributed by atoms with Gasteiger partial charge < -0.3 is 19.7 Å². The third kappa shape index (κ3) is 3.53. The van der Waals surface area contributed by atoms with Crippen molar-refractivity contribution >= 4 is 5.69 Å². The molecule has 4 heteroatoms. The number of benzene rings is 1. The fourth-order valence-electron chi connectivity index (χ4n) is 2.23. The van der Waals surface area contributed by atoms with Crippen LogP contribution in [0.3, 0.4) is 0 Å². The summed E-state index contributed by atoms with van der Waals surface area (Å²) < 4.78 is 10.7. The highest BCUT2D eigenvalue weighted by atomic mass is 16.5. The van der Waals surface area contributed by atoms with Gasteiger partial charge in [0.05, 0.1) is 14.2 Å². The predicted molar refractivity (Wildman–Crippen MR) is 78.6 cm³/mol. The van der Waals surface area contributed by atoms with Crippen LogP contribution in [0.5, 0.6) is 11.5 Å². The lowest BCUT2D eigenvalue weighted by atomic mass is 10.1. The Labute approximate surface area is 115 Å². The van der Waals surface area contributed by atoms with Crippen molar-refractivity contribution in [3.05, 3.63) is 17.7 Å². The van der Waals surface area contributed by atoms with Crippen LogP contribution in [0.4, 0.5) is 5.69 Å². The van der Waals surface area contributed by atoms with Crippen LogP contribution >= 0.6 is 0 Å². The Kier molecular flexibility index (Phi) is 4.53. The largest absolute Gasteiger partial charge is 0.493 e. The molecule has 0 atom stereocenters. The molecule has 2 rings (SSSR count). The molecule has 0 saturated heterocycles. The summed E-state index contributed by atoms with van der Waals surface area (Å²) >= 11 is 0. The van der Waals surface area contributed by atoms with Crippen LogP contribution in [0.2, 0.25) is 0 Å². The molecule has 1 saturated carbocycles. The monoisotopic (exact) mass is 264 g/mol. The van der Waals surface area contributed by atoms with Crippen LogP contribution in [-0.2, 0) is 0 Å². The number of ether oxygens (including phenoxy) is 2. The molecule has 106 valence electrons. The number of rotatable bonds is 7. The fraction of sp³-hybridized carbons (Fsp3) is 0.600. The molecule has 0 aromatic heterocycles. The van der Waals surface area contributed by atoms with Gasteiger partial charge in [-0.05, 0) is 31.4 Å². The first kappa shape index (κ1) is 14.0. The molecule has 0 amide bonds. The highest BCUT2D eigenvalue weighted by molar-refractivity contribution is 5.61. The summed E-state index contributed by atoms with van der Waals surface area (Å²) in [6, 6.07) is 4.84. The highest BCUT2D eigenvalue weighted by Crippen LogP contribution is 2.34. The second kappa shape index (κ2) is 6.15. The van der Waals surface area contributed by atoms with Crippen LogP contribution in [0.1, 0.15) is 18.4 Å². The molecule has 4 nitrogen and oxygen atoms in total. The van der Waals surface area contributed by atoms with Crippen molar-refractivity contribution in [1.29, 1.82) is 0 Å². The normalized spacial score (nSPS) is 14.3. The first-order valence-corrected chi connectivity index (χ1v) is 6.83. The number of hydrogen-bond donors (Lipinski definition) is 1. The molecule has 1 aliphatic carbocycles. The van der Waals surface area contributed by atoms with Gasteiger partial charge in [0.15, 0.2) is 11.5 Å². The topological polar surface area (TPSA) is 33.7 Å². The summed E-state index contributed by atoms with van der Waals surface area (Å²) in [6.45, 7) is 4.11. The molecule has 1 N–H and O–H groups in total. The van der Waals surface area contributed by atoms with Crippen LogP contribution in [0.15, 0.2) is 12.1 Å². The van der Waals surface area contributed by atoms with Crippen molar-refractivity contribution in [2.24, 2.45) is 0 Å². The van der Waals surface area contributed by atoms with Crippen molar-refractivity contribution < 1.29 is 9.47 Å². The van der Waals surface area contributed by atoms with E-state index in [0.717, 1.165) is 30.6 Å². The Hall–Kier alpha value is -1.42. The minimum Gasteiger partial charge on any atom is -0.493 e. The number of methoxy groups -OCH3 is 2. The van der Waals surface area contributed by atoms with E-state index in [1.807, 2.05) is 12.1 Å². The molecule has 19 heavy (non-hydrogen) atoms. The van der Waals surface area contributed by atoms with Gasteiger partial charge in [-0.2, -0.15) is 0 Å². The van der Waals surface area contributed by atoms with E-state index in [2.05, 4.69) is 24.2 Å². The summed E-state index contributed by atoms with van der Waals surface area (Å²) in [4.78, 5) is 2.26. The number of nitrogens with one attached hydrogen (secondary N) is 1. The Morgan fingerprint density at radius 3 is 2.42 bits per heavy atom. The standard InChI is InChI=1S/C15H24N2O2/c1-11-9-14(18-3)15(19-4)10-13(11)17(2)8-7-16-12-5-6-12/h9-10,12,16H,5-8H2,1-4H3. The highest BCUT2D eigenvalue weighted by Gasteiger charge is 2.20. The first-order valence-electron chi connectivity index (χ1n) is 6.83. The second-order valence-corrected chi connectivity index (χ2v) is 5.14. The number of nitrogens with zero attached hydrogens (tertiary/aromatic N) is 1. The van der Waals surface area contributed by atoms with E-state index in [9.17, 15) is 0 Å². The summed E-state index contributed by atoms with van der Waals surface area (Å²) in [5.41, 5.74) is 2.39. The average molecular weight is 264 g/mol. The van der Waals surface area contributed by atoms with Gasteiger partial charge in [-0.1, -0.05) is 0 Å². The zero-order valence-corrected chi connectivity index (χ0v) is 12.3. The molecule has 0 bridgehead atoms. The van der Waals surface area contributed by atoms with Gasteiger partial charge in [0.1, 0.15) is 0 Å². The van der Waals surface area contributed by atoms with Gasteiger partial charge >= 0.3 is 0 Å². The minimum absolute atomic E-state index is 0.764. The summed E-state index contributed by atoms with van der Waals surface area (Å²) in [6.07, 6.45) is 2.66. The fourth-order valence-corrected chi connectivity index (χ4v) is 2.23. The summed E-state index contributed by atoms with van der Waals surface area (Å²) in [5.74, 6) is 1.57. The maximum atomic E-state index is 5.37. The van der Waals surface area contributed by atoms with Gasteiger partial charge in [-0.15, -0.1) is 0 Å². The third-order valence-electron chi connectivity index (χ3n) is 3.57. The van der Waals surface area contributed by atoms with E-state index >= 15 is 0 Å². The quantitative estimate of drug-likeness (QED) is 0.818. The lowest BCUT2D eigenvalue weighted by Crippen LogP contribution is -2.30. The van der Waals surface area contributed by atoms with Crippen molar-refractivity contribution in [3.8, 4) is 11.5 Å². The average Bonchev–Trinajstić information content (AvgIpc) is 3.22.